The zero-order chi connectivity index (χ0) is 19.0. The fourth-order valence-electron chi connectivity index (χ4n) is 3.12. The monoisotopic (exact) mass is 380 g/mol. The normalized spacial score (nSPS) is 11.2. The predicted molar refractivity (Wildman–Crippen MR) is 106 cm³/mol. The van der Waals surface area contributed by atoms with Gasteiger partial charge < -0.3 is 5.32 Å². The van der Waals surface area contributed by atoms with Crippen molar-refractivity contribution >= 4 is 27.5 Å². The van der Waals surface area contributed by atoms with Crippen LogP contribution in [0.5, 0.6) is 0 Å². The van der Waals surface area contributed by atoms with Crippen LogP contribution in [0.1, 0.15) is 26.9 Å². The van der Waals surface area contributed by atoms with E-state index in [0.717, 1.165) is 33.2 Å². The molecule has 8 heteroatoms. The van der Waals surface area contributed by atoms with Crippen molar-refractivity contribution in [1.82, 2.24) is 30.3 Å². The number of para-hydroxylation sites is 1. The second kappa shape index (κ2) is 6.96. The van der Waals surface area contributed by atoms with Crippen molar-refractivity contribution in [3.05, 3.63) is 52.4 Å². The minimum atomic E-state index is -0.172. The average Bonchev–Trinajstić information content (AvgIpc) is 3.33. The summed E-state index contributed by atoms with van der Waals surface area (Å²) in [7, 11) is 1.90. The van der Waals surface area contributed by atoms with Crippen molar-refractivity contribution in [3.63, 3.8) is 0 Å². The topological polar surface area (TPSA) is 88.5 Å². The number of H-pyrrole nitrogens is 1. The number of nitrogens with zero attached hydrogens (tertiary/aromatic N) is 4. The van der Waals surface area contributed by atoms with Crippen molar-refractivity contribution in [1.29, 1.82) is 0 Å². The highest BCUT2D eigenvalue weighted by atomic mass is 32.1. The standard InChI is InChI=1S/C19H20N6OS/c1-11-18(12(2)25(3)24-11)14-10-15(23-22-14)19(26)20-9-8-17-21-13-6-4-5-7-16(13)27-17/h4-7,10H,8-9H2,1-3H3,(H,20,26)(H,22,23). The van der Waals surface area contributed by atoms with Crippen LogP contribution in [0.2, 0.25) is 0 Å². The second-order valence-electron chi connectivity index (χ2n) is 6.42. The fourth-order valence-corrected chi connectivity index (χ4v) is 4.08. The van der Waals surface area contributed by atoms with Crippen LogP contribution < -0.4 is 5.32 Å². The van der Waals surface area contributed by atoms with Gasteiger partial charge in [-0.15, -0.1) is 11.3 Å². The number of fused-ring (bicyclic) bond motifs is 1. The molecule has 0 atom stereocenters. The Morgan fingerprint density at radius 1 is 1.30 bits per heavy atom. The molecule has 7 nitrogen and oxygen atoms in total. The Morgan fingerprint density at radius 3 is 2.85 bits per heavy atom. The summed E-state index contributed by atoms with van der Waals surface area (Å²) in [6, 6.07) is 9.82. The molecule has 0 fully saturated rings. The Hall–Kier alpha value is -3.00. The maximum absolute atomic E-state index is 12.4. The van der Waals surface area contributed by atoms with Crippen LogP contribution >= 0.6 is 11.3 Å². The number of carbonyl (C=O) groups excluding carboxylic acids is 1. The molecule has 138 valence electrons. The molecule has 4 aromatic rings. The number of aromatic nitrogens is 5. The molecule has 3 aromatic heterocycles. The highest BCUT2D eigenvalue weighted by molar-refractivity contribution is 7.18. The van der Waals surface area contributed by atoms with Gasteiger partial charge in [0.05, 0.1) is 26.6 Å². The molecule has 0 aliphatic heterocycles. The van der Waals surface area contributed by atoms with Crippen LogP contribution in [0.4, 0.5) is 0 Å². The van der Waals surface area contributed by atoms with Crippen molar-refractivity contribution in [2.24, 2.45) is 7.05 Å². The van der Waals surface area contributed by atoms with Crippen LogP contribution in [0.25, 0.3) is 21.5 Å². The van der Waals surface area contributed by atoms with Crippen LogP contribution in [-0.2, 0) is 13.5 Å². The van der Waals surface area contributed by atoms with Gasteiger partial charge in [0.1, 0.15) is 5.69 Å². The minimum Gasteiger partial charge on any atom is -0.350 e. The third-order valence-electron chi connectivity index (χ3n) is 4.55. The molecule has 0 unspecified atom stereocenters. The first-order chi connectivity index (χ1) is 13.0. The summed E-state index contributed by atoms with van der Waals surface area (Å²) < 4.78 is 2.98. The third-order valence-corrected chi connectivity index (χ3v) is 5.65. The van der Waals surface area contributed by atoms with E-state index in [4.69, 9.17) is 0 Å². The summed E-state index contributed by atoms with van der Waals surface area (Å²) in [6.07, 6.45) is 0.701. The number of amides is 1. The lowest BCUT2D eigenvalue weighted by atomic mass is 10.1. The van der Waals surface area contributed by atoms with E-state index in [0.29, 0.717) is 18.7 Å². The highest BCUT2D eigenvalue weighted by Crippen LogP contribution is 2.25. The quantitative estimate of drug-likeness (QED) is 0.557. The fraction of sp³-hybridized carbons (Fsp3) is 0.263. The Morgan fingerprint density at radius 2 is 2.11 bits per heavy atom. The molecule has 0 aliphatic rings. The second-order valence-corrected chi connectivity index (χ2v) is 7.53. The van der Waals surface area contributed by atoms with Crippen molar-refractivity contribution in [2.45, 2.75) is 20.3 Å². The first-order valence-electron chi connectivity index (χ1n) is 8.71. The summed E-state index contributed by atoms with van der Waals surface area (Å²) in [5.41, 5.74) is 5.05. The summed E-state index contributed by atoms with van der Waals surface area (Å²) in [5.74, 6) is -0.172. The molecule has 0 bridgehead atoms. The van der Waals surface area contributed by atoms with E-state index in [9.17, 15) is 4.79 Å². The molecule has 1 aromatic carbocycles. The molecule has 0 aliphatic carbocycles. The number of hydrogen-bond donors (Lipinski definition) is 2. The number of carbonyl (C=O) groups is 1. The van der Waals surface area contributed by atoms with Crippen LogP contribution in [0.15, 0.2) is 30.3 Å². The number of aromatic amines is 1. The van der Waals surface area contributed by atoms with Crippen molar-refractivity contribution < 1.29 is 4.79 Å². The number of aryl methyl sites for hydroxylation is 2. The zero-order valence-electron chi connectivity index (χ0n) is 15.4. The van der Waals surface area contributed by atoms with E-state index >= 15 is 0 Å². The van der Waals surface area contributed by atoms with Gasteiger partial charge in [0.2, 0.25) is 0 Å². The first kappa shape index (κ1) is 17.4. The Labute approximate surface area is 160 Å². The molecule has 0 radical (unpaired) electrons. The van der Waals surface area contributed by atoms with Gasteiger partial charge >= 0.3 is 0 Å². The molecular weight excluding hydrogens is 360 g/mol. The average molecular weight is 380 g/mol. The highest BCUT2D eigenvalue weighted by Gasteiger charge is 2.17. The molecule has 1 amide bonds. The van der Waals surface area contributed by atoms with E-state index in [-0.39, 0.29) is 5.91 Å². The number of nitrogens with one attached hydrogen (secondary N) is 2. The van der Waals surface area contributed by atoms with E-state index < -0.39 is 0 Å². The van der Waals surface area contributed by atoms with Gasteiger partial charge in [-0.05, 0) is 32.0 Å². The summed E-state index contributed by atoms with van der Waals surface area (Å²) in [6.45, 7) is 4.45. The van der Waals surface area contributed by atoms with E-state index in [1.54, 1.807) is 17.4 Å². The number of benzene rings is 1. The van der Waals surface area contributed by atoms with Gasteiger partial charge in [0, 0.05) is 31.3 Å². The van der Waals surface area contributed by atoms with Gasteiger partial charge in [-0.25, -0.2) is 4.98 Å². The molecule has 2 N–H and O–H groups in total. The van der Waals surface area contributed by atoms with Gasteiger partial charge in [0.25, 0.3) is 5.91 Å². The Bertz CT molecular complexity index is 1090. The van der Waals surface area contributed by atoms with Gasteiger partial charge in [-0.2, -0.15) is 10.2 Å². The Kier molecular flexibility index (Phi) is 4.49. The summed E-state index contributed by atoms with van der Waals surface area (Å²) in [5, 5.41) is 15.5. The van der Waals surface area contributed by atoms with Crippen molar-refractivity contribution in [2.75, 3.05) is 6.54 Å². The lowest BCUT2D eigenvalue weighted by molar-refractivity contribution is 0.0949. The van der Waals surface area contributed by atoms with Crippen LogP contribution in [-0.4, -0.2) is 37.4 Å². The minimum absolute atomic E-state index is 0.172. The largest absolute Gasteiger partial charge is 0.350 e. The number of hydrogen-bond acceptors (Lipinski definition) is 5. The predicted octanol–water partition coefficient (Wildman–Crippen LogP) is 3.01. The SMILES string of the molecule is Cc1nn(C)c(C)c1-c1cc(C(=O)NCCc2nc3ccccc3s2)[nH]n1. The molecule has 27 heavy (non-hydrogen) atoms. The summed E-state index contributed by atoms with van der Waals surface area (Å²) >= 11 is 1.66. The van der Waals surface area contributed by atoms with Gasteiger partial charge in [0.15, 0.2) is 0 Å². The molecule has 0 saturated heterocycles. The molecule has 0 spiro atoms. The number of rotatable bonds is 5. The molecular formula is C19H20N6OS. The molecule has 4 rings (SSSR count). The van der Waals surface area contributed by atoms with E-state index in [1.165, 1.54) is 4.70 Å². The maximum Gasteiger partial charge on any atom is 0.269 e. The van der Waals surface area contributed by atoms with Crippen LogP contribution in [0, 0.1) is 13.8 Å². The lowest BCUT2D eigenvalue weighted by Crippen LogP contribution is -2.25. The number of thiazole rings is 1. The summed E-state index contributed by atoms with van der Waals surface area (Å²) in [4.78, 5) is 17.0. The Balaban J connectivity index is 1.41. The third kappa shape index (κ3) is 3.35. The maximum atomic E-state index is 12.4. The van der Waals surface area contributed by atoms with E-state index in [2.05, 4.69) is 31.7 Å². The zero-order valence-corrected chi connectivity index (χ0v) is 16.2. The molecule has 0 saturated carbocycles. The van der Waals surface area contributed by atoms with Crippen LogP contribution in [0.3, 0.4) is 0 Å². The smallest absolute Gasteiger partial charge is 0.269 e. The molecule has 3 heterocycles. The van der Waals surface area contributed by atoms with E-state index in [1.807, 2.05) is 43.8 Å². The lowest BCUT2D eigenvalue weighted by Gasteiger charge is -2.01. The van der Waals surface area contributed by atoms with Gasteiger partial charge in [-0.3, -0.25) is 14.6 Å². The first-order valence-corrected chi connectivity index (χ1v) is 9.53. The van der Waals surface area contributed by atoms with Crippen molar-refractivity contribution in [3.8, 4) is 11.3 Å². The van der Waals surface area contributed by atoms with Gasteiger partial charge in [-0.1, -0.05) is 12.1 Å².